The summed E-state index contributed by atoms with van der Waals surface area (Å²) in [6.45, 7) is 1.63. The number of methoxy groups -OCH3 is 1. The molecule has 1 N–H and O–H groups in total. The summed E-state index contributed by atoms with van der Waals surface area (Å²) in [5.74, 6) is 1.25. The van der Waals surface area contributed by atoms with Crippen molar-refractivity contribution in [1.29, 1.82) is 0 Å². The summed E-state index contributed by atoms with van der Waals surface area (Å²) in [4.78, 5) is 8.73. The zero-order chi connectivity index (χ0) is 21.8. The molecule has 3 heterocycles. The van der Waals surface area contributed by atoms with Crippen LogP contribution in [0.2, 0.25) is 0 Å². The molecule has 0 saturated heterocycles. The lowest BCUT2D eigenvalue weighted by molar-refractivity contribution is 0.416. The van der Waals surface area contributed by atoms with Gasteiger partial charge in [0.15, 0.2) is 0 Å². The molecular formula is C24H22N6O2. The first kappa shape index (κ1) is 19.7. The third kappa shape index (κ3) is 3.90. The average molecular weight is 426 g/mol. The molecule has 0 aliphatic heterocycles. The highest BCUT2D eigenvalue weighted by Gasteiger charge is 2.16. The Bertz CT molecular complexity index is 1320. The van der Waals surface area contributed by atoms with Crippen LogP contribution < -0.4 is 10.1 Å². The molecule has 2 aromatic carbocycles. The van der Waals surface area contributed by atoms with Crippen molar-refractivity contribution < 1.29 is 9.15 Å². The quantitative estimate of drug-likeness (QED) is 0.361. The Morgan fingerprint density at radius 3 is 2.88 bits per heavy atom. The molecule has 160 valence electrons. The van der Waals surface area contributed by atoms with Crippen molar-refractivity contribution in [2.45, 2.75) is 13.0 Å². The molecule has 0 radical (unpaired) electrons. The number of pyridine rings is 1. The SMILES string of the molecule is COc1ccccc1-c1ccc2ncc(-c3nnco3)c(NCCCn3ccnc3)c2c1. The predicted octanol–water partition coefficient (Wildman–Crippen LogP) is 4.66. The molecule has 0 bridgehead atoms. The van der Waals surface area contributed by atoms with E-state index < -0.39 is 0 Å². The number of nitrogens with zero attached hydrogens (tertiary/aromatic N) is 5. The second-order valence-electron chi connectivity index (χ2n) is 7.30. The molecule has 0 aliphatic carbocycles. The van der Waals surface area contributed by atoms with Crippen molar-refractivity contribution in [3.8, 4) is 28.3 Å². The maximum Gasteiger partial charge on any atom is 0.251 e. The molecule has 0 atom stereocenters. The van der Waals surface area contributed by atoms with Gasteiger partial charge in [0.1, 0.15) is 5.75 Å². The summed E-state index contributed by atoms with van der Waals surface area (Å²) in [7, 11) is 1.68. The zero-order valence-corrected chi connectivity index (χ0v) is 17.6. The van der Waals surface area contributed by atoms with Crippen LogP contribution in [-0.4, -0.2) is 38.4 Å². The van der Waals surface area contributed by atoms with Crippen LogP contribution in [0.15, 0.2) is 78.2 Å². The number of para-hydroxylation sites is 1. The fourth-order valence-corrected chi connectivity index (χ4v) is 3.78. The highest BCUT2D eigenvalue weighted by atomic mass is 16.5. The summed E-state index contributed by atoms with van der Waals surface area (Å²) in [6.07, 6.45) is 9.60. The van der Waals surface area contributed by atoms with Gasteiger partial charge in [0.25, 0.3) is 5.89 Å². The molecule has 0 aliphatic rings. The zero-order valence-electron chi connectivity index (χ0n) is 17.6. The summed E-state index contributed by atoms with van der Waals surface area (Å²) < 4.78 is 13.1. The fraction of sp³-hybridized carbons (Fsp3) is 0.167. The molecule has 0 amide bonds. The highest BCUT2D eigenvalue weighted by Crippen LogP contribution is 2.37. The normalized spacial score (nSPS) is 11.0. The van der Waals surface area contributed by atoms with Crippen LogP contribution in [0, 0.1) is 0 Å². The Labute approximate surface area is 184 Å². The summed E-state index contributed by atoms with van der Waals surface area (Å²) in [6, 6.07) is 14.2. The molecule has 5 rings (SSSR count). The lowest BCUT2D eigenvalue weighted by Gasteiger charge is -2.15. The first-order valence-electron chi connectivity index (χ1n) is 10.4. The number of anilines is 1. The molecular weight excluding hydrogens is 404 g/mol. The van der Waals surface area contributed by atoms with Crippen molar-refractivity contribution in [3.05, 3.63) is 73.8 Å². The van der Waals surface area contributed by atoms with Gasteiger partial charge in [0.2, 0.25) is 6.39 Å². The van der Waals surface area contributed by atoms with Gasteiger partial charge in [0.05, 0.1) is 30.2 Å². The van der Waals surface area contributed by atoms with Crippen molar-refractivity contribution in [3.63, 3.8) is 0 Å². The van der Waals surface area contributed by atoms with E-state index in [0.717, 1.165) is 58.5 Å². The van der Waals surface area contributed by atoms with Crippen LogP contribution in [0.25, 0.3) is 33.5 Å². The van der Waals surface area contributed by atoms with Gasteiger partial charge in [-0.2, -0.15) is 0 Å². The van der Waals surface area contributed by atoms with Crippen LogP contribution in [0.1, 0.15) is 6.42 Å². The third-order valence-electron chi connectivity index (χ3n) is 5.33. The predicted molar refractivity (Wildman–Crippen MR) is 122 cm³/mol. The third-order valence-corrected chi connectivity index (χ3v) is 5.33. The first-order valence-corrected chi connectivity index (χ1v) is 10.4. The monoisotopic (exact) mass is 426 g/mol. The van der Waals surface area contributed by atoms with E-state index in [2.05, 4.69) is 42.2 Å². The molecule has 0 spiro atoms. The van der Waals surface area contributed by atoms with Crippen LogP contribution in [0.3, 0.4) is 0 Å². The van der Waals surface area contributed by atoms with E-state index in [1.165, 1.54) is 6.39 Å². The van der Waals surface area contributed by atoms with E-state index in [1.807, 2.05) is 42.9 Å². The maximum absolute atomic E-state index is 5.57. The van der Waals surface area contributed by atoms with E-state index in [0.29, 0.717) is 5.89 Å². The van der Waals surface area contributed by atoms with Gasteiger partial charge in [-0.15, -0.1) is 10.2 Å². The van der Waals surface area contributed by atoms with E-state index in [4.69, 9.17) is 9.15 Å². The molecule has 0 unspecified atom stereocenters. The number of benzene rings is 2. The van der Waals surface area contributed by atoms with E-state index in [-0.39, 0.29) is 0 Å². The van der Waals surface area contributed by atoms with E-state index >= 15 is 0 Å². The van der Waals surface area contributed by atoms with Gasteiger partial charge in [-0.25, -0.2) is 4.98 Å². The van der Waals surface area contributed by atoms with Gasteiger partial charge in [0, 0.05) is 42.6 Å². The summed E-state index contributed by atoms with van der Waals surface area (Å²) in [5, 5.41) is 12.5. The lowest BCUT2D eigenvalue weighted by atomic mass is 10.0. The van der Waals surface area contributed by atoms with Crippen LogP contribution >= 0.6 is 0 Å². The molecule has 8 nitrogen and oxygen atoms in total. The van der Waals surface area contributed by atoms with Crippen molar-refractivity contribution in [2.75, 3.05) is 19.0 Å². The Hall–Kier alpha value is -4.20. The number of aromatic nitrogens is 5. The van der Waals surface area contributed by atoms with Gasteiger partial charge in [-0.05, 0) is 30.2 Å². The Balaban J connectivity index is 1.54. The first-order chi connectivity index (χ1) is 15.8. The Morgan fingerprint density at radius 2 is 2.06 bits per heavy atom. The van der Waals surface area contributed by atoms with E-state index in [9.17, 15) is 0 Å². The Morgan fingerprint density at radius 1 is 1.12 bits per heavy atom. The lowest BCUT2D eigenvalue weighted by Crippen LogP contribution is -2.07. The molecule has 3 aromatic heterocycles. The largest absolute Gasteiger partial charge is 0.496 e. The second kappa shape index (κ2) is 8.89. The van der Waals surface area contributed by atoms with Gasteiger partial charge in [-0.1, -0.05) is 24.3 Å². The molecule has 0 fully saturated rings. The number of nitrogens with one attached hydrogen (secondary N) is 1. The minimum Gasteiger partial charge on any atom is -0.496 e. The molecule has 8 heteroatoms. The van der Waals surface area contributed by atoms with Crippen LogP contribution in [0.5, 0.6) is 5.75 Å². The average Bonchev–Trinajstić information content (AvgIpc) is 3.56. The van der Waals surface area contributed by atoms with Gasteiger partial charge >= 0.3 is 0 Å². The topological polar surface area (TPSA) is 90.9 Å². The highest BCUT2D eigenvalue weighted by molar-refractivity contribution is 6.00. The number of rotatable bonds is 8. The van der Waals surface area contributed by atoms with E-state index in [1.54, 1.807) is 19.5 Å². The summed E-state index contributed by atoms with van der Waals surface area (Å²) in [5.41, 5.74) is 4.63. The second-order valence-corrected chi connectivity index (χ2v) is 7.30. The van der Waals surface area contributed by atoms with Crippen molar-refractivity contribution in [1.82, 2.24) is 24.7 Å². The Kier molecular flexibility index (Phi) is 5.48. The molecule has 0 saturated carbocycles. The number of imidazole rings is 1. The van der Waals surface area contributed by atoms with Gasteiger partial charge in [-0.3, -0.25) is 4.98 Å². The smallest absolute Gasteiger partial charge is 0.251 e. The maximum atomic E-state index is 5.57. The number of ether oxygens (including phenoxy) is 1. The van der Waals surface area contributed by atoms with Gasteiger partial charge < -0.3 is 19.0 Å². The van der Waals surface area contributed by atoms with Crippen LogP contribution in [-0.2, 0) is 6.54 Å². The number of aryl methyl sites for hydroxylation is 1. The standard InChI is InChI=1S/C24H22N6O2/c1-31-22-6-3-2-5-18(22)17-7-8-21-19(13-17)23(20(14-27-21)24-29-28-16-32-24)26-9-4-11-30-12-10-25-15-30/h2-3,5-8,10,12-16H,4,9,11H2,1H3,(H,26,27). The molecule has 32 heavy (non-hydrogen) atoms. The fourth-order valence-electron chi connectivity index (χ4n) is 3.78. The number of fused-ring (bicyclic) bond motifs is 1. The van der Waals surface area contributed by atoms with Crippen molar-refractivity contribution >= 4 is 16.6 Å². The summed E-state index contributed by atoms with van der Waals surface area (Å²) >= 11 is 0. The van der Waals surface area contributed by atoms with Crippen molar-refractivity contribution in [2.24, 2.45) is 0 Å². The van der Waals surface area contributed by atoms with Crippen LogP contribution in [0.4, 0.5) is 5.69 Å². The molecule has 5 aromatic rings. The number of hydrogen-bond acceptors (Lipinski definition) is 7. The number of hydrogen-bond donors (Lipinski definition) is 1. The minimum atomic E-state index is 0.430. The minimum absolute atomic E-state index is 0.430.